The SMILES string of the molecule is CNC(Cc1ccc(C)cn1)c1ccc(Cl)cc1C. The van der Waals surface area contributed by atoms with E-state index in [-0.39, 0.29) is 6.04 Å². The van der Waals surface area contributed by atoms with Crippen LogP contribution in [-0.4, -0.2) is 12.0 Å². The standard InChI is InChI=1S/C16H19ClN2/c1-11-4-6-14(19-10-11)9-16(18-3)15-7-5-13(17)8-12(15)2/h4-8,10,16,18H,9H2,1-3H3. The Kier molecular flexibility index (Phi) is 4.56. The van der Waals surface area contributed by atoms with Crippen molar-refractivity contribution in [2.24, 2.45) is 0 Å². The van der Waals surface area contributed by atoms with Crippen LogP contribution in [-0.2, 0) is 6.42 Å². The van der Waals surface area contributed by atoms with E-state index < -0.39 is 0 Å². The third kappa shape index (κ3) is 3.55. The molecule has 2 aromatic rings. The van der Waals surface area contributed by atoms with Gasteiger partial charge in [0.2, 0.25) is 0 Å². The van der Waals surface area contributed by atoms with Gasteiger partial charge in [-0.15, -0.1) is 0 Å². The smallest absolute Gasteiger partial charge is 0.0422 e. The van der Waals surface area contributed by atoms with E-state index in [0.29, 0.717) is 0 Å². The zero-order valence-electron chi connectivity index (χ0n) is 11.6. The molecule has 0 aliphatic heterocycles. The highest BCUT2D eigenvalue weighted by Gasteiger charge is 2.13. The quantitative estimate of drug-likeness (QED) is 0.916. The molecule has 1 N–H and O–H groups in total. The second kappa shape index (κ2) is 6.18. The van der Waals surface area contributed by atoms with E-state index in [9.17, 15) is 0 Å². The van der Waals surface area contributed by atoms with Crippen LogP contribution in [0.25, 0.3) is 0 Å². The zero-order chi connectivity index (χ0) is 13.8. The largest absolute Gasteiger partial charge is 0.313 e. The Morgan fingerprint density at radius 3 is 2.58 bits per heavy atom. The molecule has 1 aromatic heterocycles. The summed E-state index contributed by atoms with van der Waals surface area (Å²) in [5, 5.41) is 4.14. The molecular formula is C16H19ClN2. The Hall–Kier alpha value is -1.38. The minimum Gasteiger partial charge on any atom is -0.313 e. The number of pyridine rings is 1. The molecular weight excluding hydrogens is 256 g/mol. The van der Waals surface area contributed by atoms with Crippen molar-refractivity contribution in [1.29, 1.82) is 0 Å². The van der Waals surface area contributed by atoms with Crippen LogP contribution < -0.4 is 5.32 Å². The number of hydrogen-bond acceptors (Lipinski definition) is 2. The predicted octanol–water partition coefficient (Wildman–Crippen LogP) is 3.86. The van der Waals surface area contributed by atoms with E-state index >= 15 is 0 Å². The van der Waals surface area contributed by atoms with Crippen LogP contribution in [0.5, 0.6) is 0 Å². The van der Waals surface area contributed by atoms with Gasteiger partial charge in [0.05, 0.1) is 0 Å². The van der Waals surface area contributed by atoms with Crippen LogP contribution in [0, 0.1) is 13.8 Å². The van der Waals surface area contributed by atoms with Crippen molar-refractivity contribution in [3.8, 4) is 0 Å². The van der Waals surface area contributed by atoms with Crippen LogP contribution in [0.4, 0.5) is 0 Å². The molecule has 0 spiro atoms. The highest BCUT2D eigenvalue weighted by molar-refractivity contribution is 6.30. The Morgan fingerprint density at radius 2 is 2.00 bits per heavy atom. The highest BCUT2D eigenvalue weighted by atomic mass is 35.5. The van der Waals surface area contributed by atoms with Gasteiger partial charge in [0, 0.05) is 29.4 Å². The predicted molar refractivity (Wildman–Crippen MR) is 80.7 cm³/mol. The third-order valence-corrected chi connectivity index (χ3v) is 3.58. The fraction of sp³-hybridized carbons (Fsp3) is 0.312. The number of rotatable bonds is 4. The van der Waals surface area contributed by atoms with Crippen molar-refractivity contribution in [3.05, 3.63) is 63.9 Å². The number of nitrogens with zero attached hydrogens (tertiary/aromatic N) is 1. The Bertz CT molecular complexity index is 549. The fourth-order valence-electron chi connectivity index (χ4n) is 2.23. The Morgan fingerprint density at radius 1 is 1.21 bits per heavy atom. The number of likely N-dealkylation sites (N-methyl/N-ethyl adjacent to an activating group) is 1. The average molecular weight is 275 g/mol. The van der Waals surface area contributed by atoms with Crippen LogP contribution in [0.2, 0.25) is 5.02 Å². The molecule has 0 amide bonds. The van der Waals surface area contributed by atoms with E-state index in [1.807, 2.05) is 25.4 Å². The topological polar surface area (TPSA) is 24.9 Å². The first kappa shape index (κ1) is 14.0. The summed E-state index contributed by atoms with van der Waals surface area (Å²) in [7, 11) is 1.98. The Labute approximate surface area is 119 Å². The molecule has 0 fully saturated rings. The van der Waals surface area contributed by atoms with Crippen molar-refractivity contribution < 1.29 is 0 Å². The molecule has 1 unspecified atom stereocenters. The van der Waals surface area contributed by atoms with Gasteiger partial charge in [0.15, 0.2) is 0 Å². The molecule has 1 heterocycles. The highest BCUT2D eigenvalue weighted by Crippen LogP contribution is 2.23. The minimum absolute atomic E-state index is 0.257. The summed E-state index contributed by atoms with van der Waals surface area (Å²) in [6.45, 7) is 4.14. The lowest BCUT2D eigenvalue weighted by atomic mass is 9.97. The lowest BCUT2D eigenvalue weighted by Crippen LogP contribution is -2.20. The first-order valence-corrected chi connectivity index (χ1v) is 6.83. The summed E-state index contributed by atoms with van der Waals surface area (Å²) in [5.74, 6) is 0. The monoisotopic (exact) mass is 274 g/mol. The summed E-state index contributed by atoms with van der Waals surface area (Å²) in [6, 6.07) is 10.5. The van der Waals surface area contributed by atoms with Crippen LogP contribution in [0.3, 0.4) is 0 Å². The first-order valence-electron chi connectivity index (χ1n) is 6.45. The second-order valence-electron chi connectivity index (χ2n) is 4.87. The molecule has 100 valence electrons. The molecule has 1 aromatic carbocycles. The number of halogens is 1. The molecule has 0 saturated carbocycles. The van der Waals surface area contributed by atoms with Gasteiger partial charge in [0.25, 0.3) is 0 Å². The lowest BCUT2D eigenvalue weighted by Gasteiger charge is -2.19. The maximum atomic E-state index is 6.01. The molecule has 2 rings (SSSR count). The van der Waals surface area contributed by atoms with Crippen LogP contribution in [0.15, 0.2) is 36.5 Å². The van der Waals surface area contributed by atoms with Crippen molar-refractivity contribution in [2.45, 2.75) is 26.3 Å². The van der Waals surface area contributed by atoms with E-state index in [2.05, 4.69) is 42.3 Å². The molecule has 19 heavy (non-hydrogen) atoms. The maximum absolute atomic E-state index is 6.01. The molecule has 0 saturated heterocycles. The molecule has 0 bridgehead atoms. The van der Waals surface area contributed by atoms with E-state index in [1.54, 1.807) is 0 Å². The van der Waals surface area contributed by atoms with Crippen molar-refractivity contribution in [1.82, 2.24) is 10.3 Å². The summed E-state index contributed by atoms with van der Waals surface area (Å²) in [6.07, 6.45) is 2.79. The van der Waals surface area contributed by atoms with Gasteiger partial charge in [-0.1, -0.05) is 23.7 Å². The average Bonchev–Trinajstić information content (AvgIpc) is 2.39. The van der Waals surface area contributed by atoms with Gasteiger partial charge in [-0.25, -0.2) is 0 Å². The second-order valence-corrected chi connectivity index (χ2v) is 5.31. The van der Waals surface area contributed by atoms with Crippen molar-refractivity contribution >= 4 is 11.6 Å². The summed E-state index contributed by atoms with van der Waals surface area (Å²) in [4.78, 5) is 4.47. The van der Waals surface area contributed by atoms with Gasteiger partial charge in [-0.3, -0.25) is 4.98 Å². The molecule has 0 radical (unpaired) electrons. The normalized spacial score (nSPS) is 12.4. The van der Waals surface area contributed by atoms with Crippen LogP contribution in [0.1, 0.15) is 28.4 Å². The Balaban J connectivity index is 2.22. The number of nitrogens with one attached hydrogen (secondary N) is 1. The first-order chi connectivity index (χ1) is 9.10. The summed E-state index contributed by atoms with van der Waals surface area (Å²) >= 11 is 6.01. The van der Waals surface area contributed by atoms with Crippen LogP contribution >= 0.6 is 11.6 Å². The number of benzene rings is 1. The minimum atomic E-state index is 0.257. The molecule has 0 aliphatic rings. The molecule has 1 atom stereocenters. The van der Waals surface area contributed by atoms with Gasteiger partial charge in [0.1, 0.15) is 0 Å². The number of aryl methyl sites for hydroxylation is 2. The van der Waals surface area contributed by atoms with Gasteiger partial charge >= 0.3 is 0 Å². The summed E-state index contributed by atoms with van der Waals surface area (Å²) < 4.78 is 0. The number of hydrogen-bond donors (Lipinski definition) is 1. The van der Waals surface area contributed by atoms with Gasteiger partial charge in [-0.05, 0) is 55.8 Å². The van der Waals surface area contributed by atoms with E-state index in [4.69, 9.17) is 11.6 Å². The van der Waals surface area contributed by atoms with Gasteiger partial charge in [-0.2, -0.15) is 0 Å². The van der Waals surface area contributed by atoms with E-state index in [1.165, 1.54) is 16.7 Å². The van der Waals surface area contributed by atoms with Crippen molar-refractivity contribution in [2.75, 3.05) is 7.05 Å². The lowest BCUT2D eigenvalue weighted by molar-refractivity contribution is 0.581. The molecule has 3 heteroatoms. The maximum Gasteiger partial charge on any atom is 0.0422 e. The van der Waals surface area contributed by atoms with Crippen molar-refractivity contribution in [3.63, 3.8) is 0 Å². The zero-order valence-corrected chi connectivity index (χ0v) is 12.3. The fourth-order valence-corrected chi connectivity index (χ4v) is 2.45. The van der Waals surface area contributed by atoms with Gasteiger partial charge < -0.3 is 5.32 Å². The summed E-state index contributed by atoms with van der Waals surface area (Å²) in [5.41, 5.74) is 4.76. The third-order valence-electron chi connectivity index (χ3n) is 3.34. The number of aromatic nitrogens is 1. The molecule has 0 aliphatic carbocycles. The molecule has 2 nitrogen and oxygen atoms in total. The van der Waals surface area contributed by atoms with E-state index in [0.717, 1.165) is 17.1 Å².